The van der Waals surface area contributed by atoms with Crippen molar-refractivity contribution in [1.82, 2.24) is 0 Å². The predicted octanol–water partition coefficient (Wildman–Crippen LogP) is 3.71. The Kier molecular flexibility index (Phi) is 6.18. The van der Waals surface area contributed by atoms with Gasteiger partial charge in [0.25, 0.3) is 5.96 Å². The van der Waals surface area contributed by atoms with Crippen LogP contribution >= 0.6 is 0 Å². The highest BCUT2D eigenvalue weighted by Crippen LogP contribution is 2.21. The molecule has 0 saturated heterocycles. The minimum absolute atomic E-state index is 0.140. The molecule has 9 nitrogen and oxygen atoms in total. The number of hydrogen-bond acceptors (Lipinski definition) is 6. The van der Waals surface area contributed by atoms with Crippen molar-refractivity contribution < 1.29 is 14.4 Å². The SMILES string of the molecule is CCOc1ccc(N=C2N=C(C)[C@H]([N+](=O)[O-])C(Nc3ccc(OC)cc3)=N2)cc1. The Morgan fingerprint density at radius 2 is 1.76 bits per heavy atom. The van der Waals surface area contributed by atoms with Crippen LogP contribution in [0.15, 0.2) is 63.5 Å². The monoisotopic (exact) mass is 395 g/mol. The van der Waals surface area contributed by atoms with Gasteiger partial charge in [0, 0.05) is 10.6 Å². The second-order valence-electron chi connectivity index (χ2n) is 6.13. The number of anilines is 1. The summed E-state index contributed by atoms with van der Waals surface area (Å²) in [6.45, 7) is 4.07. The normalized spacial score (nSPS) is 17.3. The van der Waals surface area contributed by atoms with E-state index in [0.29, 0.717) is 29.4 Å². The van der Waals surface area contributed by atoms with Crippen molar-refractivity contribution in [3.8, 4) is 11.5 Å². The Morgan fingerprint density at radius 1 is 1.10 bits per heavy atom. The summed E-state index contributed by atoms with van der Waals surface area (Å²) >= 11 is 0. The minimum atomic E-state index is -1.17. The zero-order chi connectivity index (χ0) is 20.8. The van der Waals surface area contributed by atoms with Gasteiger partial charge in [-0.15, -0.1) is 0 Å². The van der Waals surface area contributed by atoms with Crippen molar-refractivity contribution in [2.24, 2.45) is 15.0 Å². The molecule has 0 bridgehead atoms. The van der Waals surface area contributed by atoms with Gasteiger partial charge < -0.3 is 14.8 Å². The van der Waals surface area contributed by atoms with E-state index < -0.39 is 11.0 Å². The van der Waals surface area contributed by atoms with E-state index in [0.717, 1.165) is 5.75 Å². The highest BCUT2D eigenvalue weighted by molar-refractivity contribution is 6.22. The first-order chi connectivity index (χ1) is 14.0. The first-order valence-corrected chi connectivity index (χ1v) is 9.00. The fourth-order valence-electron chi connectivity index (χ4n) is 2.73. The van der Waals surface area contributed by atoms with Crippen molar-refractivity contribution in [1.29, 1.82) is 0 Å². The Labute approximate surface area is 168 Å². The molecule has 1 aliphatic rings. The van der Waals surface area contributed by atoms with Gasteiger partial charge in [0.05, 0.1) is 19.4 Å². The molecule has 0 saturated carbocycles. The van der Waals surface area contributed by atoms with Crippen LogP contribution in [0.25, 0.3) is 0 Å². The third kappa shape index (κ3) is 4.95. The summed E-state index contributed by atoms with van der Waals surface area (Å²) in [6, 6.07) is 13.0. The number of nitro groups is 1. The first kappa shape index (κ1) is 20.0. The van der Waals surface area contributed by atoms with Crippen LogP contribution in [0.4, 0.5) is 11.4 Å². The lowest BCUT2D eigenvalue weighted by Crippen LogP contribution is -2.43. The number of ether oxygens (including phenoxy) is 2. The standard InChI is InChI=1S/C20H21N5O4/c1-4-29-17-11-7-15(8-12-17)23-20-21-13(2)18(25(26)27)19(24-20)22-14-5-9-16(28-3)10-6-14/h5-12,18H,4H2,1-3H3,(H,22,23,24)/t18-/m0/s1. The quantitative estimate of drug-likeness (QED) is 0.592. The van der Waals surface area contributed by atoms with Gasteiger partial charge in [-0.3, -0.25) is 10.1 Å². The lowest BCUT2D eigenvalue weighted by molar-refractivity contribution is -0.484. The molecule has 2 aromatic rings. The molecule has 150 valence electrons. The van der Waals surface area contributed by atoms with Crippen molar-refractivity contribution in [2.75, 3.05) is 19.0 Å². The van der Waals surface area contributed by atoms with Crippen LogP contribution in [0.3, 0.4) is 0 Å². The molecule has 1 atom stereocenters. The van der Waals surface area contributed by atoms with E-state index in [-0.39, 0.29) is 11.8 Å². The number of benzene rings is 2. The lowest BCUT2D eigenvalue weighted by atomic mass is 10.1. The zero-order valence-corrected chi connectivity index (χ0v) is 16.3. The van der Waals surface area contributed by atoms with Crippen LogP contribution in [0, 0.1) is 10.1 Å². The smallest absolute Gasteiger partial charge is 0.307 e. The number of aliphatic imine (C=N–C) groups is 3. The van der Waals surface area contributed by atoms with Crippen LogP contribution in [0.5, 0.6) is 11.5 Å². The molecule has 9 heteroatoms. The van der Waals surface area contributed by atoms with Crippen LogP contribution in [-0.2, 0) is 0 Å². The second-order valence-corrected chi connectivity index (χ2v) is 6.13. The molecule has 3 rings (SSSR count). The number of nitrogens with zero attached hydrogens (tertiary/aromatic N) is 4. The minimum Gasteiger partial charge on any atom is -0.497 e. The van der Waals surface area contributed by atoms with E-state index in [1.807, 2.05) is 6.92 Å². The van der Waals surface area contributed by atoms with Crippen LogP contribution in [0.2, 0.25) is 0 Å². The first-order valence-electron chi connectivity index (χ1n) is 9.00. The molecule has 0 radical (unpaired) electrons. The summed E-state index contributed by atoms with van der Waals surface area (Å²) in [5, 5.41) is 14.6. The number of nitrogens with one attached hydrogen (secondary N) is 1. The summed E-state index contributed by atoms with van der Waals surface area (Å²) in [7, 11) is 1.57. The number of methoxy groups -OCH3 is 1. The largest absolute Gasteiger partial charge is 0.497 e. The summed E-state index contributed by atoms with van der Waals surface area (Å²) in [6.07, 6.45) is 0. The maximum absolute atomic E-state index is 11.6. The predicted molar refractivity (Wildman–Crippen MR) is 113 cm³/mol. The summed E-state index contributed by atoms with van der Waals surface area (Å²) in [5.41, 5.74) is 1.56. The molecule has 1 heterocycles. The maximum atomic E-state index is 11.6. The van der Waals surface area contributed by atoms with E-state index in [4.69, 9.17) is 9.47 Å². The second kappa shape index (κ2) is 8.96. The van der Waals surface area contributed by atoms with Crippen LogP contribution in [0.1, 0.15) is 13.8 Å². The molecule has 0 aliphatic carbocycles. The fourth-order valence-corrected chi connectivity index (χ4v) is 2.73. The molecule has 29 heavy (non-hydrogen) atoms. The van der Waals surface area contributed by atoms with Gasteiger partial charge in [-0.25, -0.2) is 9.98 Å². The van der Waals surface area contributed by atoms with Gasteiger partial charge in [0.15, 0.2) is 5.84 Å². The summed E-state index contributed by atoms with van der Waals surface area (Å²) < 4.78 is 10.5. The molecule has 0 spiro atoms. The van der Waals surface area contributed by atoms with E-state index in [2.05, 4.69) is 20.3 Å². The maximum Gasteiger partial charge on any atom is 0.307 e. The van der Waals surface area contributed by atoms with E-state index >= 15 is 0 Å². The molecule has 2 aromatic carbocycles. The van der Waals surface area contributed by atoms with Crippen molar-refractivity contribution in [3.63, 3.8) is 0 Å². The molecular weight excluding hydrogens is 374 g/mol. The topological polar surface area (TPSA) is 111 Å². The summed E-state index contributed by atoms with van der Waals surface area (Å²) in [5.74, 6) is 1.71. The molecule has 1 N–H and O–H groups in total. The van der Waals surface area contributed by atoms with Gasteiger partial charge >= 0.3 is 6.04 Å². The number of hydrogen-bond donors (Lipinski definition) is 1. The lowest BCUT2D eigenvalue weighted by Gasteiger charge is -2.18. The van der Waals surface area contributed by atoms with Crippen LogP contribution < -0.4 is 14.8 Å². The number of amidine groups is 1. The van der Waals surface area contributed by atoms with E-state index in [1.165, 1.54) is 0 Å². The Morgan fingerprint density at radius 3 is 2.34 bits per heavy atom. The van der Waals surface area contributed by atoms with Crippen molar-refractivity contribution >= 4 is 28.9 Å². The summed E-state index contributed by atoms with van der Waals surface area (Å²) in [4.78, 5) is 24.0. The molecular formula is C20H21N5O4. The van der Waals surface area contributed by atoms with Crippen molar-refractivity contribution in [3.05, 3.63) is 58.6 Å². The zero-order valence-electron chi connectivity index (χ0n) is 16.3. The molecule has 0 fully saturated rings. The Balaban J connectivity index is 1.90. The highest BCUT2D eigenvalue weighted by Gasteiger charge is 2.34. The van der Waals surface area contributed by atoms with Gasteiger partial charge in [-0.05, 0) is 62.4 Å². The van der Waals surface area contributed by atoms with E-state index in [9.17, 15) is 10.1 Å². The molecule has 0 aromatic heterocycles. The average molecular weight is 395 g/mol. The Bertz CT molecular complexity index is 965. The van der Waals surface area contributed by atoms with E-state index in [1.54, 1.807) is 62.6 Å². The van der Waals surface area contributed by atoms with Crippen molar-refractivity contribution in [2.45, 2.75) is 19.9 Å². The Hall–Kier alpha value is -3.75. The van der Waals surface area contributed by atoms with Gasteiger partial charge in [-0.1, -0.05) is 0 Å². The third-order valence-electron chi connectivity index (χ3n) is 4.10. The molecule has 0 unspecified atom stereocenters. The van der Waals surface area contributed by atoms with Gasteiger partial charge in [0.2, 0.25) is 0 Å². The van der Waals surface area contributed by atoms with Gasteiger partial charge in [0.1, 0.15) is 17.2 Å². The average Bonchev–Trinajstić information content (AvgIpc) is 2.70. The molecule has 1 aliphatic heterocycles. The number of rotatable bonds is 6. The third-order valence-corrected chi connectivity index (χ3v) is 4.10. The van der Waals surface area contributed by atoms with Gasteiger partial charge in [-0.2, -0.15) is 4.99 Å². The van der Waals surface area contributed by atoms with Crippen LogP contribution in [-0.4, -0.2) is 42.2 Å². The number of guanidine groups is 1. The molecule has 0 amide bonds. The fraction of sp³-hybridized carbons (Fsp3) is 0.250. The highest BCUT2D eigenvalue weighted by atomic mass is 16.6.